The van der Waals surface area contributed by atoms with Crippen LogP contribution < -0.4 is 5.32 Å². The highest BCUT2D eigenvalue weighted by Gasteiger charge is 2.08. The Kier molecular flexibility index (Phi) is 3.95. The van der Waals surface area contributed by atoms with E-state index in [2.05, 4.69) is 15.0 Å². The Morgan fingerprint density at radius 3 is 2.65 bits per heavy atom. The summed E-state index contributed by atoms with van der Waals surface area (Å²) in [7, 11) is 1.28. The molecule has 0 fully saturated rings. The minimum absolute atomic E-state index is 0.173. The molecular weight excluding hydrogens is 260 g/mol. The van der Waals surface area contributed by atoms with Crippen molar-refractivity contribution in [3.05, 3.63) is 53.9 Å². The van der Waals surface area contributed by atoms with E-state index in [1.807, 2.05) is 0 Å². The number of methoxy groups -OCH3 is 1. The highest BCUT2D eigenvalue weighted by Crippen LogP contribution is 2.18. The summed E-state index contributed by atoms with van der Waals surface area (Å²) < 4.78 is 4.59. The van der Waals surface area contributed by atoms with Gasteiger partial charge in [-0.1, -0.05) is 6.07 Å². The molecule has 0 amide bonds. The molecule has 20 heavy (non-hydrogen) atoms. The van der Waals surface area contributed by atoms with Gasteiger partial charge in [-0.15, -0.1) is 0 Å². The summed E-state index contributed by atoms with van der Waals surface area (Å²) in [6.07, 6.45) is 1.47. The van der Waals surface area contributed by atoms with Gasteiger partial charge in [0, 0.05) is 17.6 Å². The summed E-state index contributed by atoms with van der Waals surface area (Å²) in [6, 6.07) is 9.55. The topological polar surface area (TPSA) is 88.5 Å². The fourth-order valence-electron chi connectivity index (χ4n) is 1.62. The van der Waals surface area contributed by atoms with Crippen molar-refractivity contribution in [2.75, 3.05) is 12.4 Å². The molecule has 2 rings (SSSR count). The number of ether oxygens (including phenoxy) is 1. The lowest BCUT2D eigenvalue weighted by atomic mass is 10.2. The van der Waals surface area contributed by atoms with Gasteiger partial charge < -0.3 is 15.2 Å². The van der Waals surface area contributed by atoms with E-state index in [4.69, 9.17) is 5.11 Å². The molecule has 0 saturated carbocycles. The lowest BCUT2D eigenvalue weighted by molar-refractivity contribution is 0.0593. The van der Waals surface area contributed by atoms with Crippen LogP contribution in [0.15, 0.2) is 42.6 Å². The van der Waals surface area contributed by atoms with Crippen molar-refractivity contribution < 1.29 is 19.4 Å². The smallest absolute Gasteiger partial charge is 0.356 e. The second kappa shape index (κ2) is 5.83. The highest BCUT2D eigenvalue weighted by molar-refractivity contribution is 5.90. The van der Waals surface area contributed by atoms with Gasteiger partial charge in [0.2, 0.25) is 0 Å². The molecule has 0 aliphatic heterocycles. The van der Waals surface area contributed by atoms with Crippen LogP contribution in [0.4, 0.5) is 11.4 Å². The Labute approximate surface area is 115 Å². The van der Waals surface area contributed by atoms with Crippen molar-refractivity contribution in [3.63, 3.8) is 0 Å². The van der Waals surface area contributed by atoms with E-state index in [0.29, 0.717) is 11.4 Å². The molecule has 0 unspecified atom stereocenters. The Morgan fingerprint density at radius 2 is 1.95 bits per heavy atom. The maximum absolute atomic E-state index is 11.4. The van der Waals surface area contributed by atoms with Gasteiger partial charge in [-0.2, -0.15) is 0 Å². The number of aromatic carboxylic acids is 1. The number of benzene rings is 1. The van der Waals surface area contributed by atoms with Crippen LogP contribution >= 0.6 is 0 Å². The Bertz CT molecular complexity index is 655. The van der Waals surface area contributed by atoms with Gasteiger partial charge in [-0.3, -0.25) is 0 Å². The zero-order valence-electron chi connectivity index (χ0n) is 10.7. The van der Waals surface area contributed by atoms with Crippen LogP contribution in [0.1, 0.15) is 20.8 Å². The summed E-state index contributed by atoms with van der Waals surface area (Å²) in [5, 5.41) is 11.9. The molecule has 0 atom stereocenters. The van der Waals surface area contributed by atoms with Crippen LogP contribution in [0.3, 0.4) is 0 Å². The number of esters is 1. The van der Waals surface area contributed by atoms with Crippen molar-refractivity contribution in [3.8, 4) is 0 Å². The molecular formula is C14H12N2O4. The number of carboxylic acid groups (broad SMARTS) is 1. The minimum Gasteiger partial charge on any atom is -0.478 e. The van der Waals surface area contributed by atoms with E-state index in [1.165, 1.54) is 31.5 Å². The van der Waals surface area contributed by atoms with E-state index in [0.717, 1.165) is 0 Å². The van der Waals surface area contributed by atoms with Gasteiger partial charge in [-0.25, -0.2) is 14.6 Å². The number of carbonyl (C=O) groups excluding carboxylic acids is 1. The van der Waals surface area contributed by atoms with Crippen molar-refractivity contribution in [2.24, 2.45) is 0 Å². The third-order valence-corrected chi connectivity index (χ3v) is 2.55. The van der Waals surface area contributed by atoms with Gasteiger partial charge in [0.05, 0.1) is 12.7 Å². The number of hydrogen-bond donors (Lipinski definition) is 2. The normalized spacial score (nSPS) is 9.85. The second-order valence-corrected chi connectivity index (χ2v) is 3.93. The van der Waals surface area contributed by atoms with Crippen LogP contribution in [0, 0.1) is 0 Å². The van der Waals surface area contributed by atoms with Gasteiger partial charge in [-0.05, 0) is 30.3 Å². The van der Waals surface area contributed by atoms with Gasteiger partial charge in [0.25, 0.3) is 0 Å². The molecule has 0 aliphatic carbocycles. The number of pyridine rings is 1. The Hall–Kier alpha value is -2.89. The first-order valence-electron chi connectivity index (χ1n) is 5.75. The maximum atomic E-state index is 11.4. The predicted molar refractivity (Wildman–Crippen MR) is 72.3 cm³/mol. The molecule has 1 aromatic carbocycles. The average Bonchev–Trinajstić information content (AvgIpc) is 2.47. The van der Waals surface area contributed by atoms with Crippen molar-refractivity contribution >= 4 is 23.3 Å². The van der Waals surface area contributed by atoms with Crippen LogP contribution in [-0.2, 0) is 4.74 Å². The third-order valence-electron chi connectivity index (χ3n) is 2.55. The zero-order chi connectivity index (χ0) is 14.5. The van der Waals surface area contributed by atoms with E-state index < -0.39 is 11.9 Å². The molecule has 0 aliphatic rings. The van der Waals surface area contributed by atoms with Crippen LogP contribution in [0.2, 0.25) is 0 Å². The van der Waals surface area contributed by atoms with Crippen molar-refractivity contribution in [1.29, 1.82) is 0 Å². The molecule has 0 bridgehead atoms. The van der Waals surface area contributed by atoms with Crippen LogP contribution in [-0.4, -0.2) is 29.1 Å². The number of aromatic nitrogens is 1. The maximum Gasteiger partial charge on any atom is 0.356 e. The van der Waals surface area contributed by atoms with E-state index in [1.54, 1.807) is 18.2 Å². The Morgan fingerprint density at radius 1 is 1.20 bits per heavy atom. The number of nitrogens with zero attached hydrogens (tertiary/aromatic N) is 1. The number of nitrogens with one attached hydrogen (secondary N) is 1. The fourth-order valence-corrected chi connectivity index (χ4v) is 1.62. The summed E-state index contributed by atoms with van der Waals surface area (Å²) in [5.41, 5.74) is 1.57. The number of anilines is 2. The van der Waals surface area contributed by atoms with E-state index in [9.17, 15) is 9.59 Å². The zero-order valence-corrected chi connectivity index (χ0v) is 10.7. The second-order valence-electron chi connectivity index (χ2n) is 3.93. The van der Waals surface area contributed by atoms with E-state index in [-0.39, 0.29) is 11.3 Å². The number of carbonyl (C=O) groups is 2. The molecule has 6 heteroatoms. The lowest BCUT2D eigenvalue weighted by Crippen LogP contribution is -2.04. The van der Waals surface area contributed by atoms with Gasteiger partial charge >= 0.3 is 11.9 Å². The summed E-state index contributed by atoms with van der Waals surface area (Å²) >= 11 is 0. The van der Waals surface area contributed by atoms with Gasteiger partial charge in [0.1, 0.15) is 5.69 Å². The largest absolute Gasteiger partial charge is 0.478 e. The average molecular weight is 272 g/mol. The summed E-state index contributed by atoms with van der Waals surface area (Å²) in [4.78, 5) is 26.1. The predicted octanol–water partition coefficient (Wildman–Crippen LogP) is 2.31. The SMILES string of the molecule is COC(=O)c1cc(Nc2cccc(C(=O)O)c2)ccn1. The number of hydrogen-bond acceptors (Lipinski definition) is 5. The standard InChI is InChI=1S/C14H12N2O4/c1-20-14(19)12-8-11(5-6-15-12)16-10-4-2-3-9(7-10)13(17)18/h2-8H,1H3,(H,15,16)(H,17,18). The summed E-state index contributed by atoms with van der Waals surface area (Å²) in [5.74, 6) is -1.54. The fraction of sp³-hybridized carbons (Fsp3) is 0.0714. The molecule has 1 heterocycles. The quantitative estimate of drug-likeness (QED) is 0.830. The van der Waals surface area contributed by atoms with Crippen molar-refractivity contribution in [1.82, 2.24) is 4.98 Å². The van der Waals surface area contributed by atoms with Crippen LogP contribution in [0.25, 0.3) is 0 Å². The highest BCUT2D eigenvalue weighted by atomic mass is 16.5. The number of carboxylic acids is 1. The number of rotatable bonds is 4. The van der Waals surface area contributed by atoms with Crippen molar-refractivity contribution in [2.45, 2.75) is 0 Å². The molecule has 102 valence electrons. The molecule has 0 radical (unpaired) electrons. The molecule has 1 aromatic heterocycles. The minimum atomic E-state index is -1.00. The first kappa shape index (κ1) is 13.5. The molecule has 6 nitrogen and oxygen atoms in total. The third kappa shape index (κ3) is 3.11. The molecule has 2 N–H and O–H groups in total. The summed E-state index contributed by atoms with van der Waals surface area (Å²) in [6.45, 7) is 0. The first-order valence-corrected chi connectivity index (χ1v) is 5.75. The molecule has 0 saturated heterocycles. The lowest BCUT2D eigenvalue weighted by Gasteiger charge is -2.08. The van der Waals surface area contributed by atoms with E-state index >= 15 is 0 Å². The van der Waals surface area contributed by atoms with Gasteiger partial charge in [0.15, 0.2) is 0 Å². The monoisotopic (exact) mass is 272 g/mol. The Balaban J connectivity index is 2.24. The first-order chi connectivity index (χ1) is 9.60. The molecule has 2 aromatic rings. The molecule has 0 spiro atoms. The van der Waals surface area contributed by atoms with Crippen LogP contribution in [0.5, 0.6) is 0 Å².